The van der Waals surface area contributed by atoms with E-state index >= 15 is 0 Å². The number of thioether (sulfide) groups is 1. The number of imide groups is 1. The van der Waals surface area contributed by atoms with Gasteiger partial charge in [-0.1, -0.05) is 30.3 Å². The number of pyridine rings is 1. The van der Waals surface area contributed by atoms with Crippen molar-refractivity contribution in [3.63, 3.8) is 0 Å². The Balaban J connectivity index is 1.37. The lowest BCUT2D eigenvalue weighted by Crippen LogP contribution is -2.47. The van der Waals surface area contributed by atoms with Crippen LogP contribution in [-0.4, -0.2) is 52.3 Å². The molecule has 2 aliphatic rings. The summed E-state index contributed by atoms with van der Waals surface area (Å²) in [5.74, 6) is 0.509. The maximum absolute atomic E-state index is 12.0. The zero-order chi connectivity index (χ0) is 23.3. The van der Waals surface area contributed by atoms with Gasteiger partial charge in [0.1, 0.15) is 6.61 Å². The number of carbonyl (C=O) groups is 2. The van der Waals surface area contributed by atoms with Gasteiger partial charge in [-0.2, -0.15) is 4.98 Å². The van der Waals surface area contributed by atoms with Crippen molar-refractivity contribution in [3.8, 4) is 5.88 Å². The number of hydrogen-bond acceptors (Lipinski definition) is 9. The molecular weight excluding hydrogens is 452 g/mol. The van der Waals surface area contributed by atoms with Crippen molar-refractivity contribution < 1.29 is 14.3 Å². The van der Waals surface area contributed by atoms with Crippen molar-refractivity contribution in [1.29, 1.82) is 0 Å². The van der Waals surface area contributed by atoms with Gasteiger partial charge in [-0.25, -0.2) is 4.98 Å². The minimum absolute atomic E-state index is 0.296. The largest absolute Gasteiger partial charge is 0.473 e. The number of ether oxygens (including phenoxy) is 1. The second-order valence-corrected chi connectivity index (χ2v) is 8.76. The summed E-state index contributed by atoms with van der Waals surface area (Å²) in [5, 5.41) is 1.88. The SMILES string of the molecule is O=C1NC(=O)C(=Cc2cc(OCc3ccccc3)nc(N3CCN(c4cccnc4)CC3)n2)S1. The summed E-state index contributed by atoms with van der Waals surface area (Å²) in [6.07, 6.45) is 5.22. The molecule has 172 valence electrons. The van der Waals surface area contributed by atoms with Gasteiger partial charge in [0.25, 0.3) is 11.1 Å². The van der Waals surface area contributed by atoms with Crippen LogP contribution in [0.4, 0.5) is 16.4 Å². The number of amides is 2. The molecule has 1 N–H and O–H groups in total. The predicted molar refractivity (Wildman–Crippen MR) is 131 cm³/mol. The second kappa shape index (κ2) is 9.92. The molecule has 0 saturated carbocycles. The summed E-state index contributed by atoms with van der Waals surface area (Å²) in [6, 6.07) is 15.5. The second-order valence-electron chi connectivity index (χ2n) is 7.74. The van der Waals surface area contributed by atoms with E-state index in [1.165, 1.54) is 0 Å². The number of benzene rings is 1. The Morgan fingerprint density at radius 2 is 1.79 bits per heavy atom. The van der Waals surface area contributed by atoms with Gasteiger partial charge in [0.05, 0.1) is 22.5 Å². The molecule has 9 nitrogen and oxygen atoms in total. The van der Waals surface area contributed by atoms with Gasteiger partial charge in [0, 0.05) is 38.4 Å². The molecule has 3 aromatic rings. The monoisotopic (exact) mass is 474 g/mol. The molecule has 4 heterocycles. The van der Waals surface area contributed by atoms with Crippen LogP contribution in [0.5, 0.6) is 5.88 Å². The number of hydrogen-bond donors (Lipinski definition) is 1. The van der Waals surface area contributed by atoms with Gasteiger partial charge in [-0.15, -0.1) is 0 Å². The normalized spacial score (nSPS) is 17.2. The van der Waals surface area contributed by atoms with Crippen LogP contribution < -0.4 is 19.9 Å². The fourth-order valence-corrected chi connectivity index (χ4v) is 4.38. The lowest BCUT2D eigenvalue weighted by molar-refractivity contribution is -0.115. The predicted octanol–water partition coefficient (Wildman–Crippen LogP) is 3.10. The lowest BCUT2D eigenvalue weighted by atomic mass is 10.2. The van der Waals surface area contributed by atoms with Crippen LogP contribution in [0.1, 0.15) is 11.3 Å². The molecule has 0 radical (unpaired) electrons. The van der Waals surface area contributed by atoms with E-state index in [4.69, 9.17) is 4.74 Å². The summed E-state index contributed by atoms with van der Waals surface area (Å²) in [5.41, 5.74) is 2.61. The van der Waals surface area contributed by atoms with Gasteiger partial charge in [0.15, 0.2) is 0 Å². The molecule has 0 atom stereocenters. The van der Waals surface area contributed by atoms with Crippen molar-refractivity contribution in [2.45, 2.75) is 6.61 Å². The molecule has 2 saturated heterocycles. The highest BCUT2D eigenvalue weighted by atomic mass is 32.2. The van der Waals surface area contributed by atoms with Crippen LogP contribution in [0, 0.1) is 0 Å². The Kier molecular flexibility index (Phi) is 6.39. The Morgan fingerprint density at radius 1 is 1.00 bits per heavy atom. The van der Waals surface area contributed by atoms with E-state index in [1.54, 1.807) is 18.3 Å². The minimum Gasteiger partial charge on any atom is -0.473 e. The molecule has 0 bridgehead atoms. The third-order valence-electron chi connectivity index (χ3n) is 5.43. The molecule has 0 spiro atoms. The van der Waals surface area contributed by atoms with Gasteiger partial charge >= 0.3 is 0 Å². The van der Waals surface area contributed by atoms with E-state index in [-0.39, 0.29) is 0 Å². The molecule has 2 amide bonds. The quantitative estimate of drug-likeness (QED) is 0.540. The van der Waals surface area contributed by atoms with Crippen LogP contribution >= 0.6 is 11.8 Å². The number of piperazine rings is 1. The number of nitrogens with one attached hydrogen (secondary N) is 1. The Morgan fingerprint density at radius 3 is 2.50 bits per heavy atom. The van der Waals surface area contributed by atoms with Crippen molar-refractivity contribution in [2.75, 3.05) is 36.0 Å². The maximum Gasteiger partial charge on any atom is 0.290 e. The Bertz CT molecular complexity index is 1210. The van der Waals surface area contributed by atoms with Crippen molar-refractivity contribution >= 4 is 40.6 Å². The first-order valence-corrected chi connectivity index (χ1v) is 11.7. The molecule has 1 aromatic carbocycles. The highest BCUT2D eigenvalue weighted by molar-refractivity contribution is 8.18. The number of anilines is 2. The van der Waals surface area contributed by atoms with E-state index < -0.39 is 11.1 Å². The first-order chi connectivity index (χ1) is 16.6. The third-order valence-corrected chi connectivity index (χ3v) is 6.25. The van der Waals surface area contributed by atoms with E-state index in [9.17, 15) is 9.59 Å². The summed E-state index contributed by atoms with van der Waals surface area (Å²) in [6.45, 7) is 3.40. The Hall–Kier alpha value is -3.92. The maximum atomic E-state index is 12.0. The van der Waals surface area contributed by atoms with Crippen LogP contribution in [-0.2, 0) is 11.4 Å². The third kappa shape index (κ3) is 5.18. The van der Waals surface area contributed by atoms with Crippen LogP contribution in [0.15, 0.2) is 65.8 Å². The van der Waals surface area contributed by atoms with Gasteiger partial charge in [-0.3, -0.25) is 19.9 Å². The van der Waals surface area contributed by atoms with E-state index in [0.29, 0.717) is 29.0 Å². The standard InChI is InChI=1S/C24H22N6O3S/c31-22-20(34-24(32)28-22)13-18-14-21(33-16-17-5-2-1-3-6-17)27-23(26-18)30-11-9-29(10-12-30)19-7-4-8-25-15-19/h1-8,13-15H,9-12,16H2,(H,28,31,32). The van der Waals surface area contributed by atoms with E-state index in [1.807, 2.05) is 48.7 Å². The number of carbonyl (C=O) groups excluding carboxylic acids is 2. The molecule has 5 rings (SSSR count). The molecule has 2 fully saturated rings. The molecule has 10 heteroatoms. The smallest absolute Gasteiger partial charge is 0.290 e. The number of aromatic nitrogens is 3. The first-order valence-electron chi connectivity index (χ1n) is 10.8. The number of rotatable bonds is 6. The average Bonchev–Trinajstić information content (AvgIpc) is 3.20. The van der Waals surface area contributed by atoms with Crippen molar-refractivity contribution in [1.82, 2.24) is 20.3 Å². The fraction of sp³-hybridized carbons (Fsp3) is 0.208. The minimum atomic E-state index is -0.424. The first kappa shape index (κ1) is 21.9. The summed E-state index contributed by atoms with van der Waals surface area (Å²) < 4.78 is 5.97. The zero-order valence-electron chi connectivity index (χ0n) is 18.3. The molecule has 0 unspecified atom stereocenters. The Labute approximate surface area is 200 Å². The lowest BCUT2D eigenvalue weighted by Gasteiger charge is -2.36. The van der Waals surface area contributed by atoms with Crippen molar-refractivity contribution in [2.24, 2.45) is 0 Å². The van der Waals surface area contributed by atoms with Crippen LogP contribution in [0.2, 0.25) is 0 Å². The van der Waals surface area contributed by atoms with Crippen molar-refractivity contribution in [3.05, 3.63) is 77.1 Å². The average molecular weight is 475 g/mol. The van der Waals surface area contributed by atoms with E-state index in [2.05, 4.69) is 30.1 Å². The highest BCUT2D eigenvalue weighted by Crippen LogP contribution is 2.27. The molecule has 34 heavy (non-hydrogen) atoms. The van der Waals surface area contributed by atoms with Gasteiger partial charge in [-0.05, 0) is 35.5 Å². The zero-order valence-corrected chi connectivity index (χ0v) is 19.1. The van der Waals surface area contributed by atoms with Crippen LogP contribution in [0.3, 0.4) is 0 Å². The summed E-state index contributed by atoms with van der Waals surface area (Å²) in [7, 11) is 0. The molecule has 2 aromatic heterocycles. The summed E-state index contributed by atoms with van der Waals surface area (Å²) in [4.78, 5) is 41.7. The summed E-state index contributed by atoms with van der Waals surface area (Å²) >= 11 is 0.858. The molecule has 2 aliphatic heterocycles. The topological polar surface area (TPSA) is 101 Å². The molecule has 0 aliphatic carbocycles. The highest BCUT2D eigenvalue weighted by Gasteiger charge is 2.26. The number of nitrogens with zero attached hydrogens (tertiary/aromatic N) is 5. The fourth-order valence-electron chi connectivity index (χ4n) is 3.71. The van der Waals surface area contributed by atoms with Gasteiger partial charge in [0.2, 0.25) is 11.8 Å². The van der Waals surface area contributed by atoms with Crippen LogP contribution in [0.25, 0.3) is 6.08 Å². The molecular formula is C24H22N6O3S. The van der Waals surface area contributed by atoms with Gasteiger partial charge < -0.3 is 14.5 Å². The van der Waals surface area contributed by atoms with E-state index in [0.717, 1.165) is 49.2 Å².